The molecule has 1 amide bonds. The van der Waals surface area contributed by atoms with Crippen molar-refractivity contribution in [2.75, 3.05) is 13.2 Å². The van der Waals surface area contributed by atoms with Crippen LogP contribution in [0, 0.1) is 0 Å². The Kier molecular flexibility index (Phi) is 5.04. The zero-order valence-electron chi connectivity index (χ0n) is 14.1. The Morgan fingerprint density at radius 1 is 1.00 bits per heavy atom. The molecule has 0 aromatic heterocycles. The molecule has 2 aromatic carbocycles. The minimum Gasteiger partial charge on any atom is -0.486 e. The van der Waals surface area contributed by atoms with E-state index >= 15 is 0 Å². The summed E-state index contributed by atoms with van der Waals surface area (Å²) in [7, 11) is 0. The van der Waals surface area contributed by atoms with Crippen LogP contribution >= 0.6 is 0 Å². The molecule has 1 aliphatic heterocycles. The van der Waals surface area contributed by atoms with E-state index in [1.165, 1.54) is 5.56 Å². The van der Waals surface area contributed by atoms with Crippen molar-refractivity contribution in [3.8, 4) is 11.5 Å². The SMILES string of the molecule is C[C@@H](CC(=O)N[C@H](C)c1ccc2c(c1)OCCO2)c1ccccc1. The van der Waals surface area contributed by atoms with Crippen LogP contribution in [0.5, 0.6) is 11.5 Å². The maximum absolute atomic E-state index is 12.3. The van der Waals surface area contributed by atoms with Crippen molar-refractivity contribution in [3.63, 3.8) is 0 Å². The van der Waals surface area contributed by atoms with Crippen molar-refractivity contribution in [3.05, 3.63) is 59.7 Å². The molecule has 0 saturated carbocycles. The van der Waals surface area contributed by atoms with Crippen molar-refractivity contribution >= 4 is 5.91 Å². The Morgan fingerprint density at radius 2 is 1.71 bits per heavy atom. The summed E-state index contributed by atoms with van der Waals surface area (Å²) in [6.07, 6.45) is 0.471. The Balaban J connectivity index is 1.60. The third-order valence-electron chi connectivity index (χ3n) is 4.30. The molecule has 4 heteroatoms. The summed E-state index contributed by atoms with van der Waals surface area (Å²) in [5.74, 6) is 1.76. The van der Waals surface area contributed by atoms with Gasteiger partial charge in [0.1, 0.15) is 13.2 Å². The van der Waals surface area contributed by atoms with Gasteiger partial charge in [-0.25, -0.2) is 0 Å². The number of hydrogen-bond acceptors (Lipinski definition) is 3. The van der Waals surface area contributed by atoms with Crippen LogP contribution in [0.1, 0.15) is 43.4 Å². The molecule has 3 rings (SSSR count). The lowest BCUT2D eigenvalue weighted by atomic mass is 9.97. The average molecular weight is 325 g/mol. The fourth-order valence-corrected chi connectivity index (χ4v) is 2.89. The molecule has 1 heterocycles. The molecule has 0 fully saturated rings. The van der Waals surface area contributed by atoms with Crippen LogP contribution in [0.25, 0.3) is 0 Å². The van der Waals surface area contributed by atoms with E-state index in [1.54, 1.807) is 0 Å². The minimum atomic E-state index is -0.0729. The van der Waals surface area contributed by atoms with Gasteiger partial charge in [0, 0.05) is 6.42 Å². The topological polar surface area (TPSA) is 47.6 Å². The first-order valence-electron chi connectivity index (χ1n) is 8.37. The molecule has 0 unspecified atom stereocenters. The van der Waals surface area contributed by atoms with Crippen molar-refractivity contribution in [2.45, 2.75) is 32.2 Å². The normalized spacial score (nSPS) is 15.4. The predicted molar refractivity (Wildman–Crippen MR) is 93.5 cm³/mol. The van der Waals surface area contributed by atoms with Gasteiger partial charge in [0.2, 0.25) is 5.91 Å². The Morgan fingerprint density at radius 3 is 2.46 bits per heavy atom. The number of ether oxygens (including phenoxy) is 2. The van der Waals surface area contributed by atoms with E-state index in [9.17, 15) is 4.79 Å². The maximum atomic E-state index is 12.3. The highest BCUT2D eigenvalue weighted by molar-refractivity contribution is 5.77. The van der Waals surface area contributed by atoms with E-state index in [1.807, 2.05) is 43.3 Å². The zero-order chi connectivity index (χ0) is 16.9. The number of carbonyl (C=O) groups is 1. The standard InChI is InChI=1S/C20H23NO3/c1-14(16-6-4-3-5-7-16)12-20(22)21-15(2)17-8-9-18-19(13-17)24-11-10-23-18/h3-9,13-15H,10-12H2,1-2H3,(H,21,22)/t14-,15+/m0/s1. The van der Waals surface area contributed by atoms with Crippen molar-refractivity contribution in [1.29, 1.82) is 0 Å². The summed E-state index contributed by atoms with van der Waals surface area (Å²) in [4.78, 5) is 12.3. The second-order valence-corrected chi connectivity index (χ2v) is 6.21. The molecule has 1 N–H and O–H groups in total. The molecule has 2 aromatic rings. The number of amides is 1. The fraction of sp³-hybridized carbons (Fsp3) is 0.350. The largest absolute Gasteiger partial charge is 0.486 e. The summed E-state index contributed by atoms with van der Waals surface area (Å²) >= 11 is 0. The third-order valence-corrected chi connectivity index (χ3v) is 4.30. The average Bonchev–Trinajstić information content (AvgIpc) is 2.61. The minimum absolute atomic E-state index is 0.0498. The molecule has 0 saturated heterocycles. The molecule has 24 heavy (non-hydrogen) atoms. The van der Waals surface area contributed by atoms with Gasteiger partial charge in [0.25, 0.3) is 0 Å². The van der Waals surface area contributed by atoms with Crippen molar-refractivity contribution in [1.82, 2.24) is 5.32 Å². The van der Waals surface area contributed by atoms with Crippen LogP contribution < -0.4 is 14.8 Å². The first-order valence-corrected chi connectivity index (χ1v) is 8.37. The monoisotopic (exact) mass is 325 g/mol. The molecule has 2 atom stereocenters. The first kappa shape index (κ1) is 16.4. The Hall–Kier alpha value is -2.49. The van der Waals surface area contributed by atoms with Gasteiger partial charge in [0.15, 0.2) is 11.5 Å². The second kappa shape index (κ2) is 7.39. The molecule has 0 aliphatic carbocycles. The number of hydrogen-bond donors (Lipinski definition) is 1. The van der Waals surface area contributed by atoms with Crippen LogP contribution in [0.3, 0.4) is 0 Å². The first-order chi connectivity index (χ1) is 11.6. The second-order valence-electron chi connectivity index (χ2n) is 6.21. The highest BCUT2D eigenvalue weighted by Gasteiger charge is 2.17. The lowest BCUT2D eigenvalue weighted by Crippen LogP contribution is -2.27. The summed E-state index contributed by atoms with van der Waals surface area (Å²) < 4.78 is 11.1. The summed E-state index contributed by atoms with van der Waals surface area (Å²) in [6, 6.07) is 15.8. The molecular weight excluding hydrogens is 302 g/mol. The number of benzene rings is 2. The molecule has 0 radical (unpaired) electrons. The van der Waals surface area contributed by atoms with Gasteiger partial charge in [-0.1, -0.05) is 43.3 Å². The third kappa shape index (κ3) is 3.88. The van der Waals surface area contributed by atoms with Gasteiger partial charge in [-0.05, 0) is 36.1 Å². The number of nitrogens with one attached hydrogen (secondary N) is 1. The summed E-state index contributed by atoms with van der Waals surface area (Å²) in [6.45, 7) is 5.20. The van der Waals surface area contributed by atoms with E-state index in [4.69, 9.17) is 9.47 Å². The summed E-state index contributed by atoms with van der Waals surface area (Å²) in [5.41, 5.74) is 2.19. The summed E-state index contributed by atoms with van der Waals surface area (Å²) in [5, 5.41) is 3.07. The molecule has 1 aliphatic rings. The van der Waals surface area contributed by atoms with Crippen molar-refractivity contribution in [2.24, 2.45) is 0 Å². The van der Waals surface area contributed by atoms with Crippen LogP contribution in [0.15, 0.2) is 48.5 Å². The number of fused-ring (bicyclic) bond motifs is 1. The van der Waals surface area contributed by atoms with Crippen LogP contribution in [0.2, 0.25) is 0 Å². The fourth-order valence-electron chi connectivity index (χ4n) is 2.89. The van der Waals surface area contributed by atoms with E-state index in [2.05, 4.69) is 24.4 Å². The van der Waals surface area contributed by atoms with E-state index < -0.39 is 0 Å². The number of rotatable bonds is 5. The van der Waals surface area contributed by atoms with Gasteiger partial charge in [0.05, 0.1) is 6.04 Å². The van der Waals surface area contributed by atoms with Gasteiger partial charge in [-0.3, -0.25) is 4.79 Å². The molecule has 4 nitrogen and oxygen atoms in total. The predicted octanol–water partition coefficient (Wildman–Crippen LogP) is 3.83. The van der Waals surface area contributed by atoms with Crippen molar-refractivity contribution < 1.29 is 14.3 Å². The molecule has 0 bridgehead atoms. The van der Waals surface area contributed by atoms with E-state index in [-0.39, 0.29) is 17.9 Å². The molecule has 126 valence electrons. The van der Waals surface area contributed by atoms with Gasteiger partial charge >= 0.3 is 0 Å². The smallest absolute Gasteiger partial charge is 0.221 e. The Bertz CT molecular complexity index is 699. The van der Waals surface area contributed by atoms with Crippen LogP contribution in [0.4, 0.5) is 0 Å². The van der Waals surface area contributed by atoms with Gasteiger partial charge in [-0.2, -0.15) is 0 Å². The highest BCUT2D eigenvalue weighted by atomic mass is 16.6. The molecular formula is C20H23NO3. The van der Waals surface area contributed by atoms with Gasteiger partial charge in [-0.15, -0.1) is 0 Å². The quantitative estimate of drug-likeness (QED) is 0.909. The van der Waals surface area contributed by atoms with Crippen LogP contribution in [-0.2, 0) is 4.79 Å². The zero-order valence-corrected chi connectivity index (χ0v) is 14.1. The van der Waals surface area contributed by atoms with E-state index in [0.717, 1.165) is 17.1 Å². The number of carbonyl (C=O) groups excluding carboxylic acids is 1. The van der Waals surface area contributed by atoms with E-state index in [0.29, 0.717) is 19.6 Å². The lowest BCUT2D eigenvalue weighted by molar-refractivity contribution is -0.122. The maximum Gasteiger partial charge on any atom is 0.221 e. The highest BCUT2D eigenvalue weighted by Crippen LogP contribution is 2.32. The van der Waals surface area contributed by atoms with Gasteiger partial charge < -0.3 is 14.8 Å². The van der Waals surface area contributed by atoms with Crippen LogP contribution in [-0.4, -0.2) is 19.1 Å². The lowest BCUT2D eigenvalue weighted by Gasteiger charge is -2.21. The Labute approximate surface area is 142 Å². The molecule has 0 spiro atoms.